The normalized spacial score (nSPS) is 20.5. The van der Waals surface area contributed by atoms with Gasteiger partial charge >= 0.3 is 0 Å². The summed E-state index contributed by atoms with van der Waals surface area (Å²) in [5, 5.41) is 3.30. The van der Waals surface area contributed by atoms with Crippen LogP contribution < -0.4 is 10.0 Å². The molecule has 3 rings (SSSR count). The molecule has 0 aliphatic heterocycles. The highest BCUT2D eigenvalue weighted by atomic mass is 32.2. The van der Waals surface area contributed by atoms with E-state index in [1.165, 1.54) is 12.1 Å². The Morgan fingerprint density at radius 1 is 1.33 bits per heavy atom. The minimum atomic E-state index is -3.78. The fraction of sp³-hybridized carbons (Fsp3) is 0.600. The van der Waals surface area contributed by atoms with E-state index in [1.54, 1.807) is 6.07 Å². The molecule has 2 fully saturated rings. The zero-order valence-corrected chi connectivity index (χ0v) is 13.0. The number of nitrogens with one attached hydrogen (secondary N) is 2. The van der Waals surface area contributed by atoms with Crippen molar-refractivity contribution in [3.05, 3.63) is 29.6 Å². The van der Waals surface area contributed by atoms with E-state index in [4.69, 9.17) is 0 Å². The Hall–Kier alpha value is -0.980. The predicted octanol–water partition coefficient (Wildman–Crippen LogP) is 2.16. The van der Waals surface area contributed by atoms with Crippen LogP contribution in [0.15, 0.2) is 23.1 Å². The Morgan fingerprint density at radius 2 is 2.05 bits per heavy atom. The van der Waals surface area contributed by atoms with Crippen LogP contribution in [0.1, 0.15) is 38.2 Å². The first kappa shape index (κ1) is 14.9. The zero-order valence-electron chi connectivity index (χ0n) is 12.2. The molecular formula is C15H21FN2O2S. The van der Waals surface area contributed by atoms with E-state index in [0.29, 0.717) is 19.1 Å². The Bertz CT molecular complexity index is 637. The van der Waals surface area contributed by atoms with Gasteiger partial charge in [-0.2, -0.15) is 0 Å². The van der Waals surface area contributed by atoms with Crippen molar-refractivity contribution in [2.45, 2.75) is 50.1 Å². The van der Waals surface area contributed by atoms with Crippen LogP contribution in [-0.2, 0) is 16.6 Å². The highest BCUT2D eigenvalue weighted by Crippen LogP contribution is 2.44. The first-order chi connectivity index (χ1) is 9.88. The molecule has 2 aliphatic carbocycles. The second-order valence-corrected chi connectivity index (χ2v) is 8.29. The van der Waals surface area contributed by atoms with E-state index in [2.05, 4.69) is 10.0 Å². The summed E-state index contributed by atoms with van der Waals surface area (Å²) < 4.78 is 40.9. The fourth-order valence-electron chi connectivity index (χ4n) is 2.15. The van der Waals surface area contributed by atoms with Gasteiger partial charge in [-0.1, -0.05) is 13.0 Å². The number of hydrogen-bond acceptors (Lipinski definition) is 3. The molecule has 0 amide bonds. The van der Waals surface area contributed by atoms with Gasteiger partial charge in [0.2, 0.25) is 10.0 Å². The average molecular weight is 312 g/mol. The first-order valence-corrected chi connectivity index (χ1v) is 8.88. The second-order valence-electron chi connectivity index (χ2n) is 6.56. The number of halogens is 1. The SMILES string of the molecule is CC1(CNS(=O)(=O)c2cc(CNC3CC3)ccc2F)CC1. The summed E-state index contributed by atoms with van der Waals surface area (Å²) in [5.41, 5.74) is 0.843. The minimum Gasteiger partial charge on any atom is -0.310 e. The molecule has 2 N–H and O–H groups in total. The van der Waals surface area contributed by atoms with Crippen LogP contribution >= 0.6 is 0 Å². The van der Waals surface area contributed by atoms with Gasteiger partial charge in [0.1, 0.15) is 10.7 Å². The van der Waals surface area contributed by atoms with Gasteiger partial charge in [0.25, 0.3) is 0 Å². The molecule has 1 aromatic rings. The van der Waals surface area contributed by atoms with E-state index in [-0.39, 0.29) is 10.3 Å². The lowest BCUT2D eigenvalue weighted by Crippen LogP contribution is -2.30. The molecule has 0 atom stereocenters. The van der Waals surface area contributed by atoms with Crippen LogP contribution in [0.25, 0.3) is 0 Å². The minimum absolute atomic E-state index is 0.0503. The number of benzene rings is 1. The molecule has 0 radical (unpaired) electrons. The lowest BCUT2D eigenvalue weighted by atomic mass is 10.2. The van der Waals surface area contributed by atoms with Crippen LogP contribution in [-0.4, -0.2) is 21.0 Å². The van der Waals surface area contributed by atoms with E-state index < -0.39 is 15.8 Å². The topological polar surface area (TPSA) is 58.2 Å². The van der Waals surface area contributed by atoms with Crippen molar-refractivity contribution >= 4 is 10.0 Å². The van der Waals surface area contributed by atoms with E-state index >= 15 is 0 Å². The Balaban J connectivity index is 1.73. The van der Waals surface area contributed by atoms with Gasteiger partial charge in [-0.15, -0.1) is 0 Å². The van der Waals surface area contributed by atoms with Gasteiger partial charge in [0.05, 0.1) is 0 Å². The van der Waals surface area contributed by atoms with Crippen molar-refractivity contribution in [1.29, 1.82) is 0 Å². The quantitative estimate of drug-likeness (QED) is 0.811. The average Bonchev–Trinajstić information content (AvgIpc) is 3.34. The molecule has 2 aliphatic rings. The smallest absolute Gasteiger partial charge is 0.243 e. The molecule has 0 unspecified atom stereocenters. The molecule has 0 bridgehead atoms. The van der Waals surface area contributed by atoms with E-state index in [9.17, 15) is 12.8 Å². The highest BCUT2D eigenvalue weighted by Gasteiger charge is 2.38. The number of hydrogen-bond donors (Lipinski definition) is 2. The molecule has 4 nitrogen and oxygen atoms in total. The van der Waals surface area contributed by atoms with Crippen LogP contribution in [0.5, 0.6) is 0 Å². The monoisotopic (exact) mass is 312 g/mol. The standard InChI is InChI=1S/C15H21FN2O2S/c1-15(6-7-15)10-18-21(19,20)14-8-11(2-5-13(14)16)9-17-12-3-4-12/h2,5,8,12,17-18H,3-4,6-7,9-10H2,1H3. The molecule has 21 heavy (non-hydrogen) atoms. The van der Waals surface area contributed by atoms with Crippen LogP contribution in [0, 0.1) is 11.2 Å². The largest absolute Gasteiger partial charge is 0.310 e. The molecule has 116 valence electrons. The van der Waals surface area contributed by atoms with Crippen molar-refractivity contribution in [3.63, 3.8) is 0 Å². The van der Waals surface area contributed by atoms with Gasteiger partial charge in [-0.25, -0.2) is 17.5 Å². The lowest BCUT2D eigenvalue weighted by molar-refractivity contribution is 0.521. The summed E-state index contributed by atoms with van der Waals surface area (Å²) in [6.07, 6.45) is 4.35. The summed E-state index contributed by atoms with van der Waals surface area (Å²) >= 11 is 0. The summed E-state index contributed by atoms with van der Waals surface area (Å²) in [5.74, 6) is -0.696. The van der Waals surface area contributed by atoms with E-state index in [0.717, 1.165) is 31.2 Å². The third-order valence-electron chi connectivity index (χ3n) is 4.25. The van der Waals surface area contributed by atoms with Gasteiger partial charge in [0, 0.05) is 19.1 Å². The predicted molar refractivity (Wildman–Crippen MR) is 78.8 cm³/mol. The molecule has 2 saturated carbocycles. The summed E-state index contributed by atoms with van der Waals surface area (Å²) in [6, 6.07) is 4.83. The number of sulfonamides is 1. The van der Waals surface area contributed by atoms with Crippen LogP contribution in [0.3, 0.4) is 0 Å². The van der Waals surface area contributed by atoms with Crippen molar-refractivity contribution in [3.8, 4) is 0 Å². The maximum Gasteiger partial charge on any atom is 0.243 e. The Kier molecular flexibility index (Phi) is 3.80. The highest BCUT2D eigenvalue weighted by molar-refractivity contribution is 7.89. The van der Waals surface area contributed by atoms with Gasteiger partial charge in [0.15, 0.2) is 0 Å². The molecule has 0 spiro atoms. The lowest BCUT2D eigenvalue weighted by Gasteiger charge is -2.12. The maximum atomic E-state index is 13.9. The third kappa shape index (κ3) is 3.81. The molecule has 0 aromatic heterocycles. The number of rotatable bonds is 7. The van der Waals surface area contributed by atoms with Gasteiger partial charge < -0.3 is 5.32 Å². The zero-order chi connectivity index (χ0) is 15.1. The summed E-state index contributed by atoms with van der Waals surface area (Å²) in [7, 11) is -3.78. The summed E-state index contributed by atoms with van der Waals surface area (Å²) in [6.45, 7) is 2.98. The molecular weight excluding hydrogens is 291 g/mol. The van der Waals surface area contributed by atoms with Gasteiger partial charge in [-0.05, 0) is 48.8 Å². The van der Waals surface area contributed by atoms with Crippen molar-refractivity contribution in [2.24, 2.45) is 5.41 Å². The summed E-state index contributed by atoms with van der Waals surface area (Å²) in [4.78, 5) is -0.248. The Morgan fingerprint density at radius 3 is 2.67 bits per heavy atom. The molecule has 0 saturated heterocycles. The third-order valence-corrected chi connectivity index (χ3v) is 5.67. The Labute approximate surface area is 125 Å². The van der Waals surface area contributed by atoms with E-state index in [1.807, 2.05) is 6.92 Å². The molecule has 0 heterocycles. The second kappa shape index (κ2) is 5.34. The molecule has 1 aromatic carbocycles. The van der Waals surface area contributed by atoms with Crippen LogP contribution in [0.2, 0.25) is 0 Å². The van der Waals surface area contributed by atoms with Crippen LogP contribution in [0.4, 0.5) is 4.39 Å². The maximum absolute atomic E-state index is 13.9. The first-order valence-electron chi connectivity index (χ1n) is 7.40. The van der Waals surface area contributed by atoms with Crippen molar-refractivity contribution < 1.29 is 12.8 Å². The van der Waals surface area contributed by atoms with Crippen molar-refractivity contribution in [1.82, 2.24) is 10.0 Å². The van der Waals surface area contributed by atoms with Crippen molar-refractivity contribution in [2.75, 3.05) is 6.54 Å². The van der Waals surface area contributed by atoms with Gasteiger partial charge in [-0.3, -0.25) is 0 Å². The molecule has 6 heteroatoms. The fourth-order valence-corrected chi connectivity index (χ4v) is 3.48.